The summed E-state index contributed by atoms with van der Waals surface area (Å²) >= 11 is 0. The van der Waals surface area contributed by atoms with Gasteiger partial charge in [-0.15, -0.1) is 0 Å². The molecule has 0 aliphatic carbocycles. The smallest absolute Gasteiger partial charge is 0.272 e. The van der Waals surface area contributed by atoms with E-state index < -0.39 is 5.54 Å². The van der Waals surface area contributed by atoms with Gasteiger partial charge in [-0.3, -0.25) is 9.48 Å². The van der Waals surface area contributed by atoms with E-state index in [1.807, 2.05) is 25.7 Å². The minimum absolute atomic E-state index is 0.0784. The second-order valence-corrected chi connectivity index (χ2v) is 6.79. The fourth-order valence-corrected chi connectivity index (χ4v) is 2.99. The Bertz CT molecular complexity index is 794. The predicted molar refractivity (Wildman–Crippen MR) is 92.2 cm³/mol. The van der Waals surface area contributed by atoms with E-state index in [1.165, 1.54) is 12.1 Å². The summed E-state index contributed by atoms with van der Waals surface area (Å²) in [5, 5.41) is 4.48. The summed E-state index contributed by atoms with van der Waals surface area (Å²) in [4.78, 5) is 14.8. The van der Waals surface area contributed by atoms with Crippen molar-refractivity contribution in [3.63, 3.8) is 0 Å². The van der Waals surface area contributed by atoms with Gasteiger partial charge in [0.1, 0.15) is 23.8 Å². The first-order valence-electron chi connectivity index (χ1n) is 8.26. The third kappa shape index (κ3) is 3.57. The Morgan fingerprint density at radius 2 is 2.04 bits per heavy atom. The van der Waals surface area contributed by atoms with Crippen LogP contribution in [0.2, 0.25) is 0 Å². The fraction of sp³-hybridized carbons (Fsp3) is 0.368. The number of benzene rings is 1. The Morgan fingerprint density at radius 1 is 1.32 bits per heavy atom. The molecule has 0 saturated heterocycles. The van der Waals surface area contributed by atoms with Crippen LogP contribution in [-0.2, 0) is 24.4 Å². The highest BCUT2D eigenvalue weighted by atomic mass is 19.1. The predicted octanol–water partition coefficient (Wildman–Crippen LogP) is 3.51. The summed E-state index contributed by atoms with van der Waals surface area (Å²) in [5.74, 6) is -0.359. The summed E-state index contributed by atoms with van der Waals surface area (Å²) < 4.78 is 20.2. The number of hydrogen-bond donors (Lipinski definition) is 0. The van der Waals surface area contributed by atoms with Crippen molar-refractivity contribution in [3.8, 4) is 0 Å². The van der Waals surface area contributed by atoms with Crippen molar-refractivity contribution < 1.29 is 13.9 Å². The average molecular weight is 343 g/mol. The maximum absolute atomic E-state index is 13.1. The maximum atomic E-state index is 13.1. The number of hydrogen-bond acceptors (Lipinski definition) is 3. The molecule has 2 heterocycles. The highest BCUT2D eigenvalue weighted by Crippen LogP contribution is 2.28. The molecule has 0 atom stereocenters. The minimum Gasteiger partial charge on any atom is -0.495 e. The molecule has 6 heteroatoms. The Balaban J connectivity index is 1.84. The lowest BCUT2D eigenvalue weighted by atomic mass is 9.98. The number of allylic oxidation sites excluding steroid dienone is 1. The lowest BCUT2D eigenvalue weighted by Gasteiger charge is -2.42. The molecule has 0 spiro atoms. The van der Waals surface area contributed by atoms with Crippen molar-refractivity contribution >= 4 is 5.91 Å². The molecule has 3 rings (SSSR count). The largest absolute Gasteiger partial charge is 0.495 e. The molecule has 1 aliphatic rings. The van der Waals surface area contributed by atoms with E-state index in [1.54, 1.807) is 35.2 Å². The molecule has 1 aromatic carbocycles. The van der Waals surface area contributed by atoms with Crippen molar-refractivity contribution in [1.29, 1.82) is 0 Å². The van der Waals surface area contributed by atoms with Gasteiger partial charge in [-0.05, 0) is 44.5 Å². The zero-order valence-electron chi connectivity index (χ0n) is 14.7. The summed E-state index contributed by atoms with van der Waals surface area (Å²) in [6, 6.07) is 8.02. The van der Waals surface area contributed by atoms with Gasteiger partial charge in [-0.25, -0.2) is 4.39 Å². The molecule has 25 heavy (non-hydrogen) atoms. The molecule has 1 amide bonds. The van der Waals surface area contributed by atoms with Crippen LogP contribution in [0.25, 0.3) is 0 Å². The zero-order valence-corrected chi connectivity index (χ0v) is 14.7. The van der Waals surface area contributed by atoms with Gasteiger partial charge in [0.05, 0.1) is 18.3 Å². The van der Waals surface area contributed by atoms with Crippen LogP contribution in [0.4, 0.5) is 4.39 Å². The number of ether oxygens (including phenoxy) is 1. The Labute approximate surface area is 146 Å². The van der Waals surface area contributed by atoms with Crippen LogP contribution in [0.5, 0.6) is 0 Å². The molecule has 132 valence electrons. The quantitative estimate of drug-likeness (QED) is 0.781. The van der Waals surface area contributed by atoms with Crippen molar-refractivity contribution in [2.45, 2.75) is 46.0 Å². The van der Waals surface area contributed by atoms with Gasteiger partial charge in [0, 0.05) is 6.54 Å². The van der Waals surface area contributed by atoms with Crippen LogP contribution in [0.3, 0.4) is 0 Å². The third-order valence-electron chi connectivity index (χ3n) is 4.28. The van der Waals surface area contributed by atoms with Gasteiger partial charge in [0.2, 0.25) is 0 Å². The van der Waals surface area contributed by atoms with Crippen LogP contribution in [0.1, 0.15) is 42.5 Å². The first-order chi connectivity index (χ1) is 11.9. The number of halogens is 1. The van der Waals surface area contributed by atoms with E-state index in [9.17, 15) is 9.18 Å². The van der Waals surface area contributed by atoms with Gasteiger partial charge < -0.3 is 9.64 Å². The van der Waals surface area contributed by atoms with Gasteiger partial charge in [0.25, 0.3) is 5.91 Å². The van der Waals surface area contributed by atoms with E-state index in [0.717, 1.165) is 11.3 Å². The molecule has 5 nitrogen and oxygen atoms in total. The highest BCUT2D eigenvalue weighted by Gasteiger charge is 2.39. The Hall–Kier alpha value is -2.63. The molecule has 2 aromatic rings. The van der Waals surface area contributed by atoms with Crippen LogP contribution in [0, 0.1) is 5.82 Å². The van der Waals surface area contributed by atoms with Crippen LogP contribution < -0.4 is 0 Å². The van der Waals surface area contributed by atoms with Crippen molar-refractivity contribution in [2.75, 3.05) is 0 Å². The summed E-state index contributed by atoms with van der Waals surface area (Å²) in [5.41, 5.74) is 1.78. The van der Waals surface area contributed by atoms with Gasteiger partial charge in [0.15, 0.2) is 0 Å². The lowest BCUT2D eigenvalue weighted by molar-refractivity contribution is 0.0368. The first-order valence-corrected chi connectivity index (χ1v) is 8.26. The van der Waals surface area contributed by atoms with E-state index >= 15 is 0 Å². The topological polar surface area (TPSA) is 47.4 Å². The second kappa shape index (κ2) is 6.70. The number of aromatic nitrogens is 2. The van der Waals surface area contributed by atoms with E-state index in [0.29, 0.717) is 25.4 Å². The Morgan fingerprint density at radius 3 is 2.72 bits per heavy atom. The molecule has 1 aromatic heterocycles. The standard InChI is InChI=1S/C19H22FN3O2/c1-4-9-25-12-16-10-17-18(24)22(19(2,3)13-23(17)21-16)11-14-5-7-15(20)8-6-14/h4-10H,11-13H2,1-3H3/b9-4-. The van der Waals surface area contributed by atoms with Crippen LogP contribution >= 0.6 is 0 Å². The molecule has 0 fully saturated rings. The lowest BCUT2D eigenvalue weighted by Crippen LogP contribution is -2.54. The normalized spacial score (nSPS) is 16.3. The number of nitrogens with zero attached hydrogens (tertiary/aromatic N) is 3. The maximum Gasteiger partial charge on any atom is 0.272 e. The Kier molecular flexibility index (Phi) is 4.61. The number of fused-ring (bicyclic) bond motifs is 1. The van der Waals surface area contributed by atoms with Gasteiger partial charge in [-0.1, -0.05) is 18.2 Å². The minimum atomic E-state index is -0.397. The molecule has 0 unspecified atom stereocenters. The van der Waals surface area contributed by atoms with Gasteiger partial charge in [-0.2, -0.15) is 5.10 Å². The number of amides is 1. The third-order valence-corrected chi connectivity index (χ3v) is 4.28. The summed E-state index contributed by atoms with van der Waals surface area (Å²) in [7, 11) is 0. The van der Waals surface area contributed by atoms with E-state index in [2.05, 4.69) is 5.10 Å². The van der Waals surface area contributed by atoms with E-state index in [-0.39, 0.29) is 11.7 Å². The van der Waals surface area contributed by atoms with Crippen LogP contribution in [0.15, 0.2) is 42.7 Å². The second-order valence-electron chi connectivity index (χ2n) is 6.79. The molecule has 0 N–H and O–H groups in total. The molecule has 0 radical (unpaired) electrons. The fourth-order valence-electron chi connectivity index (χ4n) is 2.99. The van der Waals surface area contributed by atoms with Crippen molar-refractivity contribution in [3.05, 3.63) is 65.4 Å². The van der Waals surface area contributed by atoms with Crippen molar-refractivity contribution in [1.82, 2.24) is 14.7 Å². The highest BCUT2D eigenvalue weighted by molar-refractivity contribution is 5.94. The van der Waals surface area contributed by atoms with Crippen LogP contribution in [-0.4, -0.2) is 26.1 Å². The number of carbonyl (C=O) groups is 1. The summed E-state index contributed by atoms with van der Waals surface area (Å²) in [6.07, 6.45) is 3.40. The van der Waals surface area contributed by atoms with Crippen molar-refractivity contribution in [2.24, 2.45) is 0 Å². The average Bonchev–Trinajstić information content (AvgIpc) is 2.95. The zero-order chi connectivity index (χ0) is 18.0. The summed E-state index contributed by atoms with van der Waals surface area (Å²) in [6.45, 7) is 7.25. The molecule has 0 saturated carbocycles. The van der Waals surface area contributed by atoms with E-state index in [4.69, 9.17) is 4.74 Å². The molecular weight excluding hydrogens is 321 g/mol. The molecule has 1 aliphatic heterocycles. The number of carbonyl (C=O) groups excluding carboxylic acids is 1. The molecule has 0 bridgehead atoms. The SMILES string of the molecule is C/C=C\OCc1cc2n(n1)CC(C)(C)N(Cc1ccc(F)cc1)C2=O. The first kappa shape index (κ1) is 17.2. The molecular formula is C19H22FN3O2. The number of rotatable bonds is 5. The van der Waals surface area contributed by atoms with Gasteiger partial charge >= 0.3 is 0 Å². The monoisotopic (exact) mass is 343 g/mol.